The summed E-state index contributed by atoms with van der Waals surface area (Å²) in [6.45, 7) is 5.60. The van der Waals surface area contributed by atoms with Gasteiger partial charge >= 0.3 is 0 Å². The van der Waals surface area contributed by atoms with E-state index in [4.69, 9.17) is 4.42 Å². The number of furan rings is 1. The number of nitrogens with zero attached hydrogens (tertiary/aromatic N) is 2. The van der Waals surface area contributed by atoms with Crippen molar-refractivity contribution in [2.45, 2.75) is 26.8 Å². The van der Waals surface area contributed by atoms with Crippen LogP contribution in [0.5, 0.6) is 0 Å². The van der Waals surface area contributed by atoms with Gasteiger partial charge in [0.15, 0.2) is 5.76 Å². The summed E-state index contributed by atoms with van der Waals surface area (Å²) < 4.78 is 20.3. The Morgan fingerprint density at radius 3 is 2.50 bits per heavy atom. The number of aryl methyl sites for hydroxylation is 1. The molecule has 3 rings (SSSR count). The molecule has 5 nitrogen and oxygen atoms in total. The molecule has 0 unspecified atom stereocenters. The largest absolute Gasteiger partial charge is 0.460 e. The highest BCUT2D eigenvalue weighted by Gasteiger charge is 2.19. The number of benzene rings is 1. The first-order valence-corrected chi connectivity index (χ1v) is 7.67. The fourth-order valence-corrected chi connectivity index (χ4v) is 2.35. The maximum Gasteiger partial charge on any atom is 0.270 e. The van der Waals surface area contributed by atoms with E-state index in [9.17, 15) is 9.18 Å². The van der Waals surface area contributed by atoms with Crippen molar-refractivity contribution in [2.24, 2.45) is 0 Å². The van der Waals surface area contributed by atoms with E-state index in [-0.39, 0.29) is 17.8 Å². The van der Waals surface area contributed by atoms with E-state index in [1.807, 2.05) is 26.8 Å². The number of amides is 1. The van der Waals surface area contributed by atoms with Gasteiger partial charge < -0.3 is 9.73 Å². The molecule has 0 radical (unpaired) electrons. The molecule has 0 fully saturated rings. The molecule has 0 saturated heterocycles. The summed E-state index contributed by atoms with van der Waals surface area (Å²) in [6, 6.07) is 11.1. The second-order valence-corrected chi connectivity index (χ2v) is 5.84. The van der Waals surface area contributed by atoms with Crippen molar-refractivity contribution < 1.29 is 13.6 Å². The Morgan fingerprint density at radius 2 is 1.92 bits per heavy atom. The quantitative estimate of drug-likeness (QED) is 0.794. The molecular weight excluding hydrogens is 309 g/mol. The minimum Gasteiger partial charge on any atom is -0.460 e. The van der Waals surface area contributed by atoms with Crippen molar-refractivity contribution in [3.8, 4) is 17.1 Å². The number of carbonyl (C=O) groups excluding carboxylic acids is 1. The van der Waals surface area contributed by atoms with Crippen molar-refractivity contribution in [3.05, 3.63) is 59.7 Å². The van der Waals surface area contributed by atoms with E-state index in [2.05, 4.69) is 10.4 Å². The zero-order valence-electron chi connectivity index (χ0n) is 13.7. The lowest BCUT2D eigenvalue weighted by molar-refractivity contribution is 0.0935. The fourth-order valence-electron chi connectivity index (χ4n) is 2.35. The zero-order valence-corrected chi connectivity index (χ0v) is 13.7. The van der Waals surface area contributed by atoms with Gasteiger partial charge in [0.25, 0.3) is 5.91 Å². The van der Waals surface area contributed by atoms with Crippen molar-refractivity contribution in [2.75, 3.05) is 0 Å². The van der Waals surface area contributed by atoms with E-state index >= 15 is 0 Å². The van der Waals surface area contributed by atoms with Gasteiger partial charge in [-0.15, -0.1) is 0 Å². The summed E-state index contributed by atoms with van der Waals surface area (Å²) in [6.07, 6.45) is 0. The van der Waals surface area contributed by atoms with Crippen molar-refractivity contribution in [1.29, 1.82) is 0 Å². The molecule has 0 aliphatic rings. The zero-order chi connectivity index (χ0) is 17.3. The normalized spacial score (nSPS) is 11.0. The molecule has 3 aromatic rings. The van der Waals surface area contributed by atoms with Crippen LogP contribution in [0, 0.1) is 12.7 Å². The summed E-state index contributed by atoms with van der Waals surface area (Å²) in [5, 5.41) is 7.31. The molecule has 0 atom stereocenters. The number of hydrogen-bond acceptors (Lipinski definition) is 3. The summed E-state index contributed by atoms with van der Waals surface area (Å²) in [5.74, 6) is 0.735. The lowest BCUT2D eigenvalue weighted by Gasteiger charge is -2.10. The van der Waals surface area contributed by atoms with Gasteiger partial charge in [-0.05, 0) is 57.2 Å². The van der Waals surface area contributed by atoms with E-state index in [0.29, 0.717) is 22.8 Å². The minimum atomic E-state index is -0.346. The van der Waals surface area contributed by atoms with Crippen LogP contribution in [0.4, 0.5) is 4.39 Å². The molecule has 1 aromatic carbocycles. The molecule has 0 saturated carbocycles. The Hall–Kier alpha value is -2.89. The Labute approximate surface area is 139 Å². The number of rotatable bonds is 4. The van der Waals surface area contributed by atoms with Crippen LogP contribution >= 0.6 is 0 Å². The Bertz CT molecular complexity index is 863. The standard InChI is InChI=1S/C18H18FN3O2/c1-11(2)20-18(23)16-10-15(17-9-4-12(3)24-17)21-22(16)14-7-5-13(19)6-8-14/h4-11H,1-3H3,(H,20,23). The molecule has 124 valence electrons. The van der Waals surface area contributed by atoms with Crippen LogP contribution in [0.2, 0.25) is 0 Å². The van der Waals surface area contributed by atoms with E-state index in [0.717, 1.165) is 5.76 Å². The lowest BCUT2D eigenvalue weighted by Crippen LogP contribution is -2.31. The van der Waals surface area contributed by atoms with Crippen LogP contribution in [0.3, 0.4) is 0 Å². The molecular formula is C18H18FN3O2. The van der Waals surface area contributed by atoms with E-state index in [1.54, 1.807) is 24.3 Å². The summed E-state index contributed by atoms with van der Waals surface area (Å²) in [7, 11) is 0. The molecule has 24 heavy (non-hydrogen) atoms. The molecule has 2 heterocycles. The van der Waals surface area contributed by atoms with Gasteiger partial charge in [0.2, 0.25) is 0 Å². The first-order valence-electron chi connectivity index (χ1n) is 7.67. The topological polar surface area (TPSA) is 60.1 Å². The van der Waals surface area contributed by atoms with Crippen LogP contribution in [-0.4, -0.2) is 21.7 Å². The predicted octanol–water partition coefficient (Wildman–Crippen LogP) is 3.72. The van der Waals surface area contributed by atoms with E-state index < -0.39 is 0 Å². The Kier molecular flexibility index (Phi) is 4.20. The SMILES string of the molecule is Cc1ccc(-c2cc(C(=O)NC(C)C)n(-c3ccc(F)cc3)n2)o1. The number of nitrogens with one attached hydrogen (secondary N) is 1. The number of hydrogen-bond donors (Lipinski definition) is 1. The molecule has 1 amide bonds. The van der Waals surface area contributed by atoms with Crippen molar-refractivity contribution in [1.82, 2.24) is 15.1 Å². The average molecular weight is 327 g/mol. The molecule has 0 aliphatic heterocycles. The maximum absolute atomic E-state index is 13.2. The molecule has 1 N–H and O–H groups in total. The molecule has 2 aromatic heterocycles. The van der Waals surface area contributed by atoms with E-state index in [1.165, 1.54) is 16.8 Å². The summed E-state index contributed by atoms with van der Waals surface area (Å²) in [4.78, 5) is 12.5. The second-order valence-electron chi connectivity index (χ2n) is 5.84. The predicted molar refractivity (Wildman–Crippen MR) is 88.6 cm³/mol. The third kappa shape index (κ3) is 3.22. The van der Waals surface area contributed by atoms with Crippen LogP contribution in [0.25, 0.3) is 17.1 Å². The van der Waals surface area contributed by atoms with Crippen molar-refractivity contribution in [3.63, 3.8) is 0 Å². The molecule has 0 bridgehead atoms. The fraction of sp³-hybridized carbons (Fsp3) is 0.222. The number of halogens is 1. The first-order chi connectivity index (χ1) is 11.4. The third-order valence-electron chi connectivity index (χ3n) is 3.43. The highest BCUT2D eigenvalue weighted by Crippen LogP contribution is 2.24. The average Bonchev–Trinajstić information content (AvgIpc) is 3.13. The van der Waals surface area contributed by atoms with Gasteiger partial charge in [0.05, 0.1) is 5.69 Å². The van der Waals surface area contributed by atoms with Gasteiger partial charge in [-0.3, -0.25) is 4.79 Å². The lowest BCUT2D eigenvalue weighted by atomic mass is 10.2. The van der Waals surface area contributed by atoms with Gasteiger partial charge in [0.1, 0.15) is 23.0 Å². The number of carbonyl (C=O) groups is 1. The van der Waals surface area contributed by atoms with Crippen LogP contribution in [-0.2, 0) is 0 Å². The van der Waals surface area contributed by atoms with Gasteiger partial charge in [-0.25, -0.2) is 9.07 Å². The number of aromatic nitrogens is 2. The second kappa shape index (κ2) is 6.31. The molecule has 0 spiro atoms. The molecule has 0 aliphatic carbocycles. The van der Waals surface area contributed by atoms with Gasteiger partial charge in [-0.1, -0.05) is 0 Å². The van der Waals surface area contributed by atoms with Crippen LogP contribution < -0.4 is 5.32 Å². The summed E-state index contributed by atoms with van der Waals surface area (Å²) in [5.41, 5.74) is 1.50. The van der Waals surface area contributed by atoms with Crippen LogP contribution in [0.1, 0.15) is 30.1 Å². The third-order valence-corrected chi connectivity index (χ3v) is 3.43. The maximum atomic E-state index is 13.2. The Morgan fingerprint density at radius 1 is 1.21 bits per heavy atom. The minimum absolute atomic E-state index is 0.0108. The van der Waals surface area contributed by atoms with Crippen molar-refractivity contribution >= 4 is 5.91 Å². The highest BCUT2D eigenvalue weighted by molar-refractivity contribution is 5.94. The van der Waals surface area contributed by atoms with Crippen LogP contribution in [0.15, 0.2) is 46.9 Å². The van der Waals surface area contributed by atoms with Gasteiger partial charge in [-0.2, -0.15) is 5.10 Å². The monoisotopic (exact) mass is 327 g/mol. The Balaban J connectivity index is 2.09. The molecule has 6 heteroatoms. The first kappa shape index (κ1) is 16.0. The summed E-state index contributed by atoms with van der Waals surface area (Å²) >= 11 is 0. The highest BCUT2D eigenvalue weighted by atomic mass is 19.1. The smallest absolute Gasteiger partial charge is 0.270 e. The van der Waals surface area contributed by atoms with Gasteiger partial charge in [0, 0.05) is 12.1 Å².